The first kappa shape index (κ1) is 13.4. The topological polar surface area (TPSA) is 15.6 Å². The SMILES string of the molecule is CN([Si](C)(C)C)[Si](C)(C)N=[Si](C)C. The van der Waals surface area contributed by atoms with Gasteiger partial charge in [-0.25, -0.2) is 0 Å². The van der Waals surface area contributed by atoms with E-state index in [2.05, 4.69) is 57.1 Å². The summed E-state index contributed by atoms with van der Waals surface area (Å²) < 4.78 is 7.59. The van der Waals surface area contributed by atoms with Crippen molar-refractivity contribution in [2.75, 3.05) is 7.05 Å². The molecule has 0 aliphatic rings. The van der Waals surface area contributed by atoms with Gasteiger partial charge in [-0.15, -0.1) is 0 Å². The van der Waals surface area contributed by atoms with Crippen LogP contribution < -0.4 is 0 Å². The zero-order chi connectivity index (χ0) is 10.9. The lowest BCUT2D eigenvalue weighted by atomic mass is 11.6. The van der Waals surface area contributed by atoms with E-state index in [4.69, 9.17) is 4.30 Å². The fourth-order valence-electron chi connectivity index (χ4n) is 1.44. The summed E-state index contributed by atoms with van der Waals surface area (Å²) in [4.78, 5) is 0. The van der Waals surface area contributed by atoms with Crippen molar-refractivity contribution < 1.29 is 0 Å². The first-order chi connectivity index (χ1) is 5.57. The van der Waals surface area contributed by atoms with Crippen molar-refractivity contribution in [1.29, 1.82) is 0 Å². The van der Waals surface area contributed by atoms with Gasteiger partial charge in [0.15, 0.2) is 0 Å². The van der Waals surface area contributed by atoms with Crippen LogP contribution in [0.25, 0.3) is 0 Å². The van der Waals surface area contributed by atoms with Crippen LogP contribution in [0, 0.1) is 0 Å². The van der Waals surface area contributed by atoms with Crippen molar-refractivity contribution in [3.63, 3.8) is 0 Å². The number of hydrogen-bond acceptors (Lipinski definition) is 2. The number of nitrogens with zero attached hydrogens (tertiary/aromatic N) is 2. The molecule has 0 saturated heterocycles. The highest BCUT2D eigenvalue weighted by Crippen LogP contribution is 2.18. The van der Waals surface area contributed by atoms with Crippen LogP contribution in [-0.4, -0.2) is 36.5 Å². The first-order valence-electron chi connectivity index (χ1n) is 4.84. The second kappa shape index (κ2) is 4.29. The molecular weight excluding hydrogens is 208 g/mol. The summed E-state index contributed by atoms with van der Waals surface area (Å²) in [5.41, 5.74) is 0. The zero-order valence-corrected chi connectivity index (χ0v) is 13.4. The van der Waals surface area contributed by atoms with Gasteiger partial charge in [-0.3, -0.25) is 0 Å². The Bertz CT molecular complexity index is 202. The van der Waals surface area contributed by atoms with Crippen LogP contribution in [0.2, 0.25) is 45.8 Å². The van der Waals surface area contributed by atoms with E-state index in [1.807, 2.05) is 0 Å². The minimum Gasteiger partial charge on any atom is -0.353 e. The minimum absolute atomic E-state index is 0.429. The number of rotatable bonds is 3. The van der Waals surface area contributed by atoms with Crippen LogP contribution in [-0.2, 0) is 0 Å². The fraction of sp³-hybridized carbons (Fsp3) is 1.00. The third kappa shape index (κ3) is 4.44. The van der Waals surface area contributed by atoms with Gasteiger partial charge >= 0.3 is 0 Å². The Balaban J connectivity index is 4.75. The smallest absolute Gasteiger partial charge is 0.231 e. The van der Waals surface area contributed by atoms with Crippen molar-refractivity contribution in [3.8, 4) is 0 Å². The monoisotopic (exact) mass is 232 g/mol. The van der Waals surface area contributed by atoms with Crippen molar-refractivity contribution in [2.45, 2.75) is 45.8 Å². The molecule has 0 fully saturated rings. The van der Waals surface area contributed by atoms with Gasteiger partial charge in [-0.2, -0.15) is 0 Å². The Morgan fingerprint density at radius 1 is 1.00 bits per heavy atom. The molecule has 0 aromatic heterocycles. The van der Waals surface area contributed by atoms with E-state index in [1.165, 1.54) is 0 Å². The van der Waals surface area contributed by atoms with Gasteiger partial charge in [0.05, 0.1) is 0 Å². The second-order valence-electron chi connectivity index (χ2n) is 5.28. The van der Waals surface area contributed by atoms with Crippen molar-refractivity contribution >= 4 is 25.2 Å². The molecule has 0 heterocycles. The highest BCUT2D eigenvalue weighted by molar-refractivity contribution is 6.90. The van der Waals surface area contributed by atoms with Crippen LogP contribution in [0.4, 0.5) is 0 Å². The van der Waals surface area contributed by atoms with Crippen LogP contribution >= 0.6 is 0 Å². The summed E-state index contributed by atoms with van der Waals surface area (Å²) in [7, 11) is -0.743. The van der Waals surface area contributed by atoms with Gasteiger partial charge in [0.1, 0.15) is 16.8 Å². The largest absolute Gasteiger partial charge is 0.353 e. The van der Waals surface area contributed by atoms with Gasteiger partial charge in [0.2, 0.25) is 8.40 Å². The standard InChI is InChI=1S/C8H24N2Si3/c1-10(12(4,5)6)13(7,8)9-11(2)3/h1-8H3. The Hall–Kier alpha value is 0.411. The molecule has 13 heavy (non-hydrogen) atoms. The molecule has 0 N–H and O–H groups in total. The predicted molar refractivity (Wildman–Crippen MR) is 68.5 cm³/mol. The van der Waals surface area contributed by atoms with Gasteiger partial charge in [0.25, 0.3) is 0 Å². The first-order valence-corrected chi connectivity index (χ1v) is 13.6. The maximum absolute atomic E-state index is 4.98. The molecule has 0 amide bonds. The van der Waals surface area contributed by atoms with E-state index >= 15 is 0 Å². The molecule has 0 spiro atoms. The maximum Gasteiger partial charge on any atom is 0.231 e. The highest BCUT2D eigenvalue weighted by atomic mass is 28.4. The Labute approximate surface area is 86.9 Å². The molecule has 0 rings (SSSR count). The molecule has 2 nitrogen and oxygen atoms in total. The molecule has 5 heteroatoms. The normalized spacial score (nSPS) is 13.3. The molecule has 0 atom stereocenters. The van der Waals surface area contributed by atoms with E-state index in [9.17, 15) is 0 Å². The van der Waals surface area contributed by atoms with Gasteiger partial charge in [-0.05, 0) is 33.2 Å². The summed E-state index contributed by atoms with van der Waals surface area (Å²) in [5.74, 6) is 0. The van der Waals surface area contributed by atoms with Gasteiger partial charge in [-0.1, -0.05) is 19.6 Å². The van der Waals surface area contributed by atoms with E-state index in [1.54, 1.807) is 0 Å². The predicted octanol–water partition coefficient (Wildman–Crippen LogP) is 2.97. The van der Waals surface area contributed by atoms with Crippen molar-refractivity contribution in [3.05, 3.63) is 0 Å². The van der Waals surface area contributed by atoms with Crippen molar-refractivity contribution in [2.24, 2.45) is 4.30 Å². The highest BCUT2D eigenvalue weighted by Gasteiger charge is 2.34. The summed E-state index contributed by atoms with van der Waals surface area (Å²) in [5, 5.41) is 0. The summed E-state index contributed by atoms with van der Waals surface area (Å²) in [6, 6.07) is 0. The average Bonchev–Trinajstić information content (AvgIpc) is 1.80. The molecule has 0 aliphatic carbocycles. The molecule has 0 unspecified atom stereocenters. The third-order valence-electron chi connectivity index (χ3n) is 2.32. The van der Waals surface area contributed by atoms with Crippen LogP contribution in [0.3, 0.4) is 0 Å². The second-order valence-corrected chi connectivity index (χ2v) is 17.2. The van der Waals surface area contributed by atoms with Crippen LogP contribution in [0.1, 0.15) is 0 Å². The number of hydrogen-bond donors (Lipinski definition) is 0. The third-order valence-corrected chi connectivity index (χ3v) is 13.6. The van der Waals surface area contributed by atoms with Crippen molar-refractivity contribution in [1.82, 2.24) is 4.23 Å². The minimum atomic E-state index is -1.44. The summed E-state index contributed by atoms with van der Waals surface area (Å²) >= 11 is 0. The summed E-state index contributed by atoms with van der Waals surface area (Å²) in [6.07, 6.45) is 0. The van der Waals surface area contributed by atoms with E-state index in [0.717, 1.165) is 0 Å². The summed E-state index contributed by atoms with van der Waals surface area (Å²) in [6.45, 7) is 16.5. The molecule has 78 valence electrons. The molecule has 0 bridgehead atoms. The zero-order valence-electron chi connectivity index (χ0n) is 10.4. The molecule has 0 aromatic rings. The van der Waals surface area contributed by atoms with E-state index in [-0.39, 0.29) is 0 Å². The molecule has 0 aliphatic heterocycles. The fourth-order valence-corrected chi connectivity index (χ4v) is 13.4. The Kier molecular flexibility index (Phi) is 4.42. The lowest BCUT2D eigenvalue weighted by molar-refractivity contribution is 0.752. The molecule has 0 aromatic carbocycles. The molecular formula is C8H24N2Si3. The van der Waals surface area contributed by atoms with E-state index in [0.29, 0.717) is 0 Å². The molecule has 0 saturated carbocycles. The van der Waals surface area contributed by atoms with Gasteiger partial charge in [0, 0.05) is 0 Å². The Morgan fingerprint density at radius 3 is 1.62 bits per heavy atom. The van der Waals surface area contributed by atoms with Gasteiger partial charge < -0.3 is 8.53 Å². The quantitative estimate of drug-likeness (QED) is 0.683. The van der Waals surface area contributed by atoms with Crippen LogP contribution in [0.15, 0.2) is 4.30 Å². The average molecular weight is 233 g/mol. The lowest BCUT2D eigenvalue weighted by Gasteiger charge is -2.40. The molecule has 0 radical (unpaired) electrons. The lowest BCUT2D eigenvalue weighted by Crippen LogP contribution is -2.57. The van der Waals surface area contributed by atoms with E-state index < -0.39 is 25.2 Å². The van der Waals surface area contributed by atoms with Crippen LogP contribution in [0.5, 0.6) is 0 Å². The Morgan fingerprint density at radius 2 is 1.38 bits per heavy atom. The maximum atomic E-state index is 4.98.